The van der Waals surface area contributed by atoms with Crippen LogP contribution >= 0.6 is 0 Å². The number of ether oxygens (including phenoxy) is 3. The molecule has 0 amide bonds. The van der Waals surface area contributed by atoms with E-state index in [4.69, 9.17) is 19.9 Å². The molecule has 2 aliphatic carbocycles. The van der Waals surface area contributed by atoms with Gasteiger partial charge >= 0.3 is 0 Å². The second kappa shape index (κ2) is 11.5. The van der Waals surface area contributed by atoms with Gasteiger partial charge in [-0.05, 0) is 13.0 Å². The third kappa shape index (κ3) is 4.90. The first-order chi connectivity index (χ1) is 18.4. The Morgan fingerprint density at radius 1 is 1.12 bits per heavy atom. The van der Waals surface area contributed by atoms with E-state index in [-0.39, 0.29) is 49.3 Å². The number of aliphatic hydroxyl groups excluding tert-OH is 2. The smallest absolute Gasteiger partial charge is 0.202 e. The van der Waals surface area contributed by atoms with Gasteiger partial charge in [-0.2, -0.15) is 0 Å². The van der Waals surface area contributed by atoms with Gasteiger partial charge in [0, 0.05) is 42.0 Å². The molecule has 0 saturated carbocycles. The summed E-state index contributed by atoms with van der Waals surface area (Å²) < 4.78 is 17.0. The lowest BCUT2D eigenvalue weighted by molar-refractivity contribution is -0.247. The van der Waals surface area contributed by atoms with E-state index in [2.05, 4.69) is 0 Å². The maximum atomic E-state index is 13.6. The fourth-order valence-corrected chi connectivity index (χ4v) is 5.75. The molecule has 0 bridgehead atoms. The molecule has 3 aliphatic rings. The van der Waals surface area contributed by atoms with Crippen LogP contribution in [0.2, 0.25) is 0 Å². The number of carbonyl (C=O) groups excluding carboxylic acids is 3. The summed E-state index contributed by atoms with van der Waals surface area (Å²) in [5, 5.41) is 53.7. The molecule has 1 aliphatic heterocycles. The minimum atomic E-state index is -2.24. The van der Waals surface area contributed by atoms with Crippen LogP contribution in [0.3, 0.4) is 0 Å². The van der Waals surface area contributed by atoms with E-state index < -0.39 is 95.7 Å². The number of carbonyl (C=O) groups is 3. The van der Waals surface area contributed by atoms with Gasteiger partial charge in [0.05, 0.1) is 42.1 Å². The molecule has 0 aromatic heterocycles. The lowest BCUT2D eigenvalue weighted by Gasteiger charge is -2.42. The van der Waals surface area contributed by atoms with E-state index in [1.54, 1.807) is 6.92 Å². The van der Waals surface area contributed by atoms with Gasteiger partial charge in [-0.3, -0.25) is 14.4 Å². The van der Waals surface area contributed by atoms with Gasteiger partial charge in [-0.25, -0.2) is 0 Å². The van der Waals surface area contributed by atoms with Crippen LogP contribution < -0.4 is 10.5 Å². The molecule has 41 heavy (non-hydrogen) atoms. The average Bonchev–Trinajstić information content (AvgIpc) is 2.90. The Morgan fingerprint density at radius 3 is 2.39 bits per heavy atom. The molecule has 3 unspecified atom stereocenters. The summed E-state index contributed by atoms with van der Waals surface area (Å²) in [5.74, 6) is -3.77. The number of ketones is 3. The molecule has 224 valence electrons. The Balaban J connectivity index is 0.00000231. The van der Waals surface area contributed by atoms with E-state index in [0.717, 1.165) is 0 Å². The van der Waals surface area contributed by atoms with Gasteiger partial charge in [0.25, 0.3) is 0 Å². The number of hydrogen-bond donors (Lipinski definition) is 6. The minimum absolute atomic E-state index is 0. The Morgan fingerprint density at radius 2 is 1.78 bits per heavy atom. The maximum absolute atomic E-state index is 13.6. The molecule has 0 spiro atoms. The molecule has 6 atom stereocenters. The number of phenols is 2. The van der Waals surface area contributed by atoms with Crippen molar-refractivity contribution in [2.75, 3.05) is 13.7 Å². The van der Waals surface area contributed by atoms with Crippen LogP contribution in [0.5, 0.6) is 17.2 Å². The normalized spacial score (nSPS) is 28.4. The highest BCUT2D eigenvalue weighted by Gasteiger charge is 2.50. The van der Waals surface area contributed by atoms with E-state index in [1.165, 1.54) is 25.3 Å². The molecule has 0 radical (unpaired) electrons. The van der Waals surface area contributed by atoms with Crippen LogP contribution in [-0.4, -0.2) is 86.7 Å². The molecule has 12 nitrogen and oxygen atoms in total. The SMILES string of the molecule is C.C.COc1cccc2c1C(=O)c1c(O)c3c(c(O)c1C2=O)C[C@@](O)(C(=O)CO)C[C@@H]3O[C@@H]1CC(N)C(O)C(C)O1. The molecule has 5 rings (SSSR count). The summed E-state index contributed by atoms with van der Waals surface area (Å²) in [5.41, 5.74) is 2.37. The number of phenolic OH excluding ortho intramolecular Hbond substituents is 2. The fraction of sp³-hybridized carbons (Fsp3) is 0.483. The second-order valence-electron chi connectivity index (χ2n) is 10.2. The van der Waals surface area contributed by atoms with Crippen molar-refractivity contribution < 1.29 is 54.1 Å². The third-order valence-electron chi connectivity index (χ3n) is 7.81. The van der Waals surface area contributed by atoms with Crippen molar-refractivity contribution in [3.8, 4) is 17.2 Å². The zero-order chi connectivity index (χ0) is 28.4. The number of Topliss-reactive ketones (excluding diaryl/α,β-unsaturated/α-hetero) is 1. The maximum Gasteiger partial charge on any atom is 0.202 e. The van der Waals surface area contributed by atoms with Crippen molar-refractivity contribution >= 4 is 17.3 Å². The van der Waals surface area contributed by atoms with Crippen molar-refractivity contribution in [2.24, 2.45) is 5.73 Å². The summed E-state index contributed by atoms with van der Waals surface area (Å²) in [6, 6.07) is 3.64. The zero-order valence-corrected chi connectivity index (χ0v) is 21.2. The Bertz CT molecular complexity index is 1380. The average molecular weight is 576 g/mol. The predicted octanol–water partition coefficient (Wildman–Crippen LogP) is 1.27. The number of rotatable bonds is 5. The quantitative estimate of drug-likeness (QED) is 0.238. The summed E-state index contributed by atoms with van der Waals surface area (Å²) >= 11 is 0. The summed E-state index contributed by atoms with van der Waals surface area (Å²) in [6.45, 7) is 0.560. The highest BCUT2D eigenvalue weighted by Crippen LogP contribution is 2.52. The largest absolute Gasteiger partial charge is 0.507 e. The summed E-state index contributed by atoms with van der Waals surface area (Å²) in [7, 11) is 1.32. The number of methoxy groups -OCH3 is 1. The van der Waals surface area contributed by atoms with E-state index >= 15 is 0 Å². The number of hydrogen-bond acceptors (Lipinski definition) is 12. The van der Waals surface area contributed by atoms with Gasteiger partial charge in [0.1, 0.15) is 29.5 Å². The number of aliphatic hydroxyl groups is 3. The van der Waals surface area contributed by atoms with Crippen molar-refractivity contribution in [1.82, 2.24) is 0 Å². The molecular formula is C29H37NO11. The molecule has 1 fully saturated rings. The predicted molar refractivity (Wildman–Crippen MR) is 145 cm³/mol. The van der Waals surface area contributed by atoms with E-state index in [9.17, 15) is 39.9 Å². The Hall–Kier alpha value is -3.39. The molecular weight excluding hydrogens is 538 g/mol. The summed E-state index contributed by atoms with van der Waals surface area (Å²) in [4.78, 5) is 39.7. The number of nitrogens with two attached hydrogens (primary N) is 1. The van der Waals surface area contributed by atoms with Crippen LogP contribution in [-0.2, 0) is 20.7 Å². The topological polar surface area (TPSA) is 206 Å². The van der Waals surface area contributed by atoms with Crippen molar-refractivity contribution in [3.05, 3.63) is 51.6 Å². The Kier molecular flexibility index (Phi) is 8.99. The fourth-order valence-electron chi connectivity index (χ4n) is 5.75. The van der Waals surface area contributed by atoms with E-state index in [1.807, 2.05) is 0 Å². The van der Waals surface area contributed by atoms with Crippen molar-refractivity contribution in [3.63, 3.8) is 0 Å². The van der Waals surface area contributed by atoms with Gasteiger partial charge in [-0.1, -0.05) is 27.0 Å². The van der Waals surface area contributed by atoms with Crippen LogP contribution in [0.15, 0.2) is 18.2 Å². The molecule has 2 aromatic carbocycles. The monoisotopic (exact) mass is 575 g/mol. The van der Waals surface area contributed by atoms with Crippen LogP contribution in [0.1, 0.15) is 83.7 Å². The first-order valence-corrected chi connectivity index (χ1v) is 12.4. The number of benzene rings is 2. The van der Waals surface area contributed by atoms with Gasteiger partial charge in [0.2, 0.25) is 5.78 Å². The highest BCUT2D eigenvalue weighted by atomic mass is 16.7. The molecule has 7 N–H and O–H groups in total. The molecule has 1 saturated heterocycles. The first-order valence-electron chi connectivity index (χ1n) is 12.4. The van der Waals surface area contributed by atoms with Gasteiger partial charge in [0.15, 0.2) is 17.9 Å². The van der Waals surface area contributed by atoms with Crippen molar-refractivity contribution in [2.45, 2.75) is 77.3 Å². The molecule has 12 heteroatoms. The first kappa shape index (κ1) is 32.1. The lowest BCUT2D eigenvalue weighted by atomic mass is 9.72. The highest BCUT2D eigenvalue weighted by molar-refractivity contribution is 6.31. The van der Waals surface area contributed by atoms with Crippen LogP contribution in [0, 0.1) is 0 Å². The third-order valence-corrected chi connectivity index (χ3v) is 7.81. The Labute approximate surface area is 237 Å². The standard InChI is InChI=1S/C27H29NO11.2CH4/c1-10-22(31)13(28)6-17(38-10)39-15-8-27(36,16(30)9-29)7-12-19(15)26(35)21-20(24(12)33)23(32)11-4-3-5-14(37-2)18(11)25(21)34;;/h3-5,10,13,15,17,22,29,31,33,35-36H,6-9,28H2,1-2H3;2*1H4/t10?,13?,15-,17+,22?,27-;;/m0../s1. The zero-order valence-electron chi connectivity index (χ0n) is 21.2. The number of aromatic hydroxyl groups is 2. The van der Waals surface area contributed by atoms with Crippen molar-refractivity contribution in [1.29, 1.82) is 0 Å². The van der Waals surface area contributed by atoms with Crippen LogP contribution in [0.4, 0.5) is 0 Å². The number of fused-ring (bicyclic) bond motifs is 3. The second-order valence-corrected chi connectivity index (χ2v) is 10.2. The minimum Gasteiger partial charge on any atom is -0.507 e. The lowest BCUT2D eigenvalue weighted by Crippen LogP contribution is -2.53. The molecule has 1 heterocycles. The van der Waals surface area contributed by atoms with Gasteiger partial charge in [-0.15, -0.1) is 0 Å². The van der Waals surface area contributed by atoms with E-state index in [0.29, 0.717) is 0 Å². The summed E-state index contributed by atoms with van der Waals surface area (Å²) in [6.07, 6.45) is -5.12. The molecule has 2 aromatic rings. The van der Waals surface area contributed by atoms with Gasteiger partial charge < -0.3 is 45.5 Å². The van der Waals surface area contributed by atoms with Crippen LogP contribution in [0.25, 0.3) is 0 Å².